The first-order chi connectivity index (χ1) is 13.8. The van der Waals surface area contributed by atoms with E-state index in [2.05, 4.69) is 24.4 Å². The second-order valence-corrected chi connectivity index (χ2v) is 8.85. The number of benzene rings is 3. The summed E-state index contributed by atoms with van der Waals surface area (Å²) in [6.45, 7) is 2.10. The van der Waals surface area contributed by atoms with Crippen LogP contribution in [-0.4, -0.2) is 27.6 Å². The van der Waals surface area contributed by atoms with E-state index in [1.54, 1.807) is 36.4 Å². The molecule has 0 atom stereocenters. The second kappa shape index (κ2) is 8.49. The number of nitrogens with zero attached hydrogens (tertiary/aromatic N) is 1. The summed E-state index contributed by atoms with van der Waals surface area (Å²) in [4.78, 5) is 12.7. The summed E-state index contributed by atoms with van der Waals surface area (Å²) >= 11 is 0. The zero-order chi connectivity index (χ0) is 21.0. The standard InChI is InChI=1S/C23H24N2O3S/c1-4-17-10-12-18(13-11-17)20-14-15-22(25(2)29(3,27)28)21(16-20)24-23(26)19-8-6-5-7-9-19/h5-16H,4H2,1-3H3,(H,24,26). The Hall–Kier alpha value is -3.12. The fourth-order valence-electron chi connectivity index (χ4n) is 2.99. The van der Waals surface area contributed by atoms with E-state index in [-0.39, 0.29) is 5.91 Å². The van der Waals surface area contributed by atoms with E-state index in [9.17, 15) is 13.2 Å². The third kappa shape index (κ3) is 4.84. The van der Waals surface area contributed by atoms with Crippen molar-refractivity contribution >= 4 is 27.3 Å². The average molecular weight is 409 g/mol. The highest BCUT2D eigenvalue weighted by Crippen LogP contribution is 2.32. The van der Waals surface area contributed by atoms with Gasteiger partial charge in [0, 0.05) is 12.6 Å². The lowest BCUT2D eigenvalue weighted by Gasteiger charge is -2.21. The molecule has 6 heteroatoms. The number of aryl methyl sites for hydroxylation is 1. The van der Waals surface area contributed by atoms with Crippen LogP contribution in [-0.2, 0) is 16.4 Å². The van der Waals surface area contributed by atoms with Gasteiger partial charge in [0.1, 0.15) is 0 Å². The lowest BCUT2D eigenvalue weighted by atomic mass is 10.0. The van der Waals surface area contributed by atoms with Crippen molar-refractivity contribution in [3.05, 3.63) is 83.9 Å². The average Bonchev–Trinajstić information content (AvgIpc) is 2.73. The van der Waals surface area contributed by atoms with Gasteiger partial charge in [0.2, 0.25) is 10.0 Å². The number of hydrogen-bond donors (Lipinski definition) is 1. The van der Waals surface area contributed by atoms with Crippen molar-refractivity contribution < 1.29 is 13.2 Å². The molecule has 0 aliphatic heterocycles. The maximum Gasteiger partial charge on any atom is 0.255 e. The van der Waals surface area contributed by atoms with E-state index in [1.165, 1.54) is 12.6 Å². The van der Waals surface area contributed by atoms with Gasteiger partial charge in [-0.2, -0.15) is 0 Å². The van der Waals surface area contributed by atoms with E-state index in [4.69, 9.17) is 0 Å². The number of amides is 1. The zero-order valence-corrected chi connectivity index (χ0v) is 17.5. The Labute approximate surface area is 172 Å². The van der Waals surface area contributed by atoms with Gasteiger partial charge in [-0.25, -0.2) is 8.42 Å². The van der Waals surface area contributed by atoms with Crippen LogP contribution in [0.4, 0.5) is 11.4 Å². The monoisotopic (exact) mass is 408 g/mol. The predicted octanol–water partition coefficient (Wildman–Crippen LogP) is 4.56. The zero-order valence-electron chi connectivity index (χ0n) is 16.7. The second-order valence-electron chi connectivity index (χ2n) is 6.83. The van der Waals surface area contributed by atoms with Crippen LogP contribution in [0.15, 0.2) is 72.8 Å². The van der Waals surface area contributed by atoms with Crippen molar-refractivity contribution in [1.82, 2.24) is 0 Å². The summed E-state index contributed by atoms with van der Waals surface area (Å²) in [5, 5.41) is 2.87. The van der Waals surface area contributed by atoms with Crippen molar-refractivity contribution in [2.45, 2.75) is 13.3 Å². The lowest BCUT2D eigenvalue weighted by molar-refractivity contribution is 0.102. The van der Waals surface area contributed by atoms with Gasteiger partial charge >= 0.3 is 0 Å². The number of hydrogen-bond acceptors (Lipinski definition) is 3. The molecule has 0 spiro atoms. The molecule has 3 aromatic rings. The van der Waals surface area contributed by atoms with Crippen molar-refractivity contribution in [2.75, 3.05) is 22.9 Å². The Morgan fingerprint density at radius 1 is 0.931 bits per heavy atom. The number of sulfonamides is 1. The first-order valence-electron chi connectivity index (χ1n) is 9.33. The molecule has 3 rings (SSSR count). The van der Waals surface area contributed by atoms with Crippen molar-refractivity contribution in [3.63, 3.8) is 0 Å². The van der Waals surface area contributed by atoms with Gasteiger partial charge in [-0.15, -0.1) is 0 Å². The van der Waals surface area contributed by atoms with E-state index >= 15 is 0 Å². The van der Waals surface area contributed by atoms with E-state index in [0.717, 1.165) is 28.1 Å². The summed E-state index contributed by atoms with van der Waals surface area (Å²) in [5.74, 6) is -0.299. The normalized spacial score (nSPS) is 11.1. The topological polar surface area (TPSA) is 66.5 Å². The van der Waals surface area contributed by atoms with Crippen LogP contribution >= 0.6 is 0 Å². The molecule has 0 bridgehead atoms. The highest BCUT2D eigenvalue weighted by atomic mass is 32.2. The minimum Gasteiger partial charge on any atom is -0.320 e. The molecular weight excluding hydrogens is 384 g/mol. The molecule has 0 aliphatic rings. The Morgan fingerprint density at radius 3 is 2.14 bits per heavy atom. The molecule has 1 N–H and O–H groups in total. The Morgan fingerprint density at radius 2 is 1.55 bits per heavy atom. The largest absolute Gasteiger partial charge is 0.320 e. The third-order valence-corrected chi connectivity index (χ3v) is 6.00. The molecule has 0 heterocycles. The number of anilines is 2. The molecule has 29 heavy (non-hydrogen) atoms. The van der Waals surface area contributed by atoms with Gasteiger partial charge in [0.25, 0.3) is 5.91 Å². The van der Waals surface area contributed by atoms with Crippen molar-refractivity contribution in [3.8, 4) is 11.1 Å². The minimum absolute atomic E-state index is 0.299. The van der Waals surface area contributed by atoms with Crippen molar-refractivity contribution in [1.29, 1.82) is 0 Å². The molecule has 0 unspecified atom stereocenters. The Bertz CT molecular complexity index is 1110. The van der Waals surface area contributed by atoms with Crippen LogP contribution < -0.4 is 9.62 Å². The molecular formula is C23H24N2O3S. The fraction of sp³-hybridized carbons (Fsp3) is 0.174. The molecule has 5 nitrogen and oxygen atoms in total. The summed E-state index contributed by atoms with van der Waals surface area (Å²) in [6, 6.07) is 22.4. The summed E-state index contributed by atoms with van der Waals surface area (Å²) in [6.07, 6.45) is 2.09. The number of carbonyl (C=O) groups excluding carboxylic acids is 1. The highest BCUT2D eigenvalue weighted by Gasteiger charge is 2.18. The molecule has 0 saturated heterocycles. The molecule has 0 aromatic heterocycles. The van der Waals surface area contributed by atoms with Gasteiger partial charge in [0.15, 0.2) is 0 Å². The first-order valence-corrected chi connectivity index (χ1v) is 11.2. The maximum atomic E-state index is 12.7. The van der Waals surface area contributed by atoms with Gasteiger partial charge in [-0.3, -0.25) is 9.10 Å². The van der Waals surface area contributed by atoms with Crippen LogP contribution in [0.5, 0.6) is 0 Å². The first kappa shape index (κ1) is 20.6. The number of rotatable bonds is 6. The Balaban J connectivity index is 2.04. The van der Waals surface area contributed by atoms with Crippen LogP contribution in [0.3, 0.4) is 0 Å². The van der Waals surface area contributed by atoms with E-state index in [1.807, 2.05) is 24.3 Å². The maximum absolute atomic E-state index is 12.7. The molecule has 0 saturated carbocycles. The lowest BCUT2D eigenvalue weighted by Crippen LogP contribution is -2.26. The van der Waals surface area contributed by atoms with Crippen LogP contribution in [0, 0.1) is 0 Å². The molecule has 0 radical (unpaired) electrons. The smallest absolute Gasteiger partial charge is 0.255 e. The molecule has 3 aromatic carbocycles. The molecule has 1 amide bonds. The molecule has 0 aliphatic carbocycles. The quantitative estimate of drug-likeness (QED) is 0.650. The van der Waals surface area contributed by atoms with Crippen LogP contribution in [0.2, 0.25) is 0 Å². The van der Waals surface area contributed by atoms with Gasteiger partial charge in [-0.1, -0.05) is 55.5 Å². The van der Waals surface area contributed by atoms with Gasteiger partial charge < -0.3 is 5.32 Å². The third-order valence-electron chi connectivity index (χ3n) is 4.81. The van der Waals surface area contributed by atoms with Crippen LogP contribution in [0.1, 0.15) is 22.8 Å². The SMILES string of the molecule is CCc1ccc(-c2ccc(N(C)S(C)(=O)=O)c(NC(=O)c3ccccc3)c2)cc1. The van der Waals surface area contributed by atoms with Crippen molar-refractivity contribution in [2.24, 2.45) is 0 Å². The summed E-state index contributed by atoms with van der Waals surface area (Å²) in [5.41, 5.74) is 4.46. The Kier molecular flexibility index (Phi) is 6.03. The van der Waals surface area contributed by atoms with Crippen LogP contribution in [0.25, 0.3) is 11.1 Å². The summed E-state index contributed by atoms with van der Waals surface area (Å²) in [7, 11) is -2.01. The molecule has 0 fully saturated rings. The molecule has 150 valence electrons. The van der Waals surface area contributed by atoms with E-state index in [0.29, 0.717) is 16.9 Å². The van der Waals surface area contributed by atoms with Gasteiger partial charge in [0.05, 0.1) is 17.6 Å². The van der Waals surface area contributed by atoms with Gasteiger partial charge in [-0.05, 0) is 47.4 Å². The minimum atomic E-state index is -3.48. The van der Waals surface area contributed by atoms with E-state index < -0.39 is 10.0 Å². The number of carbonyl (C=O) groups is 1. The fourth-order valence-corrected chi connectivity index (χ4v) is 3.50. The summed E-state index contributed by atoms with van der Waals surface area (Å²) < 4.78 is 25.3. The highest BCUT2D eigenvalue weighted by molar-refractivity contribution is 7.92. The predicted molar refractivity (Wildman–Crippen MR) is 119 cm³/mol. The number of nitrogens with one attached hydrogen (secondary N) is 1.